The average Bonchev–Trinajstić information content (AvgIpc) is 3.45. The van der Waals surface area contributed by atoms with E-state index >= 15 is 0 Å². The molecular formula is C19H15ClN4O2. The fourth-order valence-corrected chi connectivity index (χ4v) is 2.79. The van der Waals surface area contributed by atoms with E-state index in [0.717, 1.165) is 23.0 Å². The highest BCUT2D eigenvalue weighted by Gasteiger charge is 2.19. The molecule has 0 saturated heterocycles. The molecule has 0 spiro atoms. The Morgan fingerprint density at radius 2 is 2.08 bits per heavy atom. The summed E-state index contributed by atoms with van der Waals surface area (Å²) >= 11 is 5.81. The summed E-state index contributed by atoms with van der Waals surface area (Å²) < 4.78 is 2.84. The Labute approximate surface area is 154 Å². The monoisotopic (exact) mass is 366 g/mol. The van der Waals surface area contributed by atoms with Gasteiger partial charge in [0.2, 0.25) is 0 Å². The van der Waals surface area contributed by atoms with Crippen LogP contribution >= 0.6 is 11.6 Å². The van der Waals surface area contributed by atoms with Crippen molar-refractivity contribution < 1.29 is 0 Å². The summed E-state index contributed by atoms with van der Waals surface area (Å²) in [5.41, 5.74) is 0.332. The molecule has 4 rings (SSSR count). The molecule has 0 radical (unpaired) electrons. The van der Waals surface area contributed by atoms with Crippen molar-refractivity contribution in [3.05, 3.63) is 68.2 Å². The molecule has 1 fully saturated rings. The molecule has 3 aliphatic rings. The summed E-state index contributed by atoms with van der Waals surface area (Å²) in [7, 11) is 0. The van der Waals surface area contributed by atoms with Crippen LogP contribution in [0.5, 0.6) is 0 Å². The number of pyridine rings is 2. The summed E-state index contributed by atoms with van der Waals surface area (Å²) in [6, 6.07) is 6.97. The van der Waals surface area contributed by atoms with Crippen LogP contribution in [-0.4, -0.2) is 19.1 Å². The van der Waals surface area contributed by atoms with E-state index in [9.17, 15) is 9.59 Å². The first-order chi connectivity index (χ1) is 12.6. The molecule has 3 heterocycles. The van der Waals surface area contributed by atoms with Gasteiger partial charge in [0.15, 0.2) is 5.82 Å². The van der Waals surface area contributed by atoms with Crippen molar-refractivity contribution in [1.82, 2.24) is 19.1 Å². The van der Waals surface area contributed by atoms with Gasteiger partial charge in [-0.05, 0) is 36.6 Å². The first-order valence-electron chi connectivity index (χ1n) is 8.30. The minimum atomic E-state index is -0.582. The highest BCUT2D eigenvalue weighted by atomic mass is 35.5. The van der Waals surface area contributed by atoms with Gasteiger partial charge in [-0.3, -0.25) is 4.79 Å². The first-order valence-corrected chi connectivity index (χ1v) is 8.68. The molecule has 7 heteroatoms. The van der Waals surface area contributed by atoms with E-state index in [0.29, 0.717) is 29.0 Å². The predicted octanol–water partition coefficient (Wildman–Crippen LogP) is 2.02. The molecular weight excluding hydrogens is 352 g/mol. The maximum absolute atomic E-state index is 12.7. The summed E-state index contributed by atoms with van der Waals surface area (Å²) in [6.45, 7) is 0.506. The van der Waals surface area contributed by atoms with Crippen molar-refractivity contribution in [2.45, 2.75) is 25.9 Å². The highest BCUT2D eigenvalue weighted by molar-refractivity contribution is 6.29. The summed E-state index contributed by atoms with van der Waals surface area (Å²) in [5, 5.41) is 0.409. The van der Waals surface area contributed by atoms with Crippen LogP contribution in [-0.2, 0) is 13.1 Å². The van der Waals surface area contributed by atoms with E-state index in [1.165, 1.54) is 0 Å². The van der Waals surface area contributed by atoms with Crippen LogP contribution in [0.4, 0.5) is 0 Å². The molecule has 0 unspecified atom stereocenters. The zero-order chi connectivity index (χ0) is 18.1. The number of rotatable bonds is 3. The molecule has 2 aliphatic heterocycles. The van der Waals surface area contributed by atoms with E-state index in [2.05, 4.69) is 21.8 Å². The molecule has 1 aromatic rings. The average molecular weight is 367 g/mol. The Morgan fingerprint density at radius 3 is 2.81 bits per heavy atom. The Hall–Kier alpha value is -2.91. The van der Waals surface area contributed by atoms with Gasteiger partial charge >= 0.3 is 5.69 Å². The largest absolute Gasteiger partial charge is 0.353 e. The number of hydrogen-bond acceptors (Lipinski definition) is 4. The smallest absolute Gasteiger partial charge is 0.328 e. The Morgan fingerprint density at radius 1 is 1.23 bits per heavy atom. The van der Waals surface area contributed by atoms with Gasteiger partial charge in [-0.25, -0.2) is 14.3 Å². The van der Waals surface area contributed by atoms with Gasteiger partial charge in [-0.1, -0.05) is 29.5 Å². The molecule has 6 nitrogen and oxygen atoms in total. The lowest BCUT2D eigenvalue weighted by molar-refractivity contribution is 0.696. The zero-order valence-electron chi connectivity index (χ0n) is 13.9. The lowest BCUT2D eigenvalue weighted by Gasteiger charge is -2.14. The van der Waals surface area contributed by atoms with Crippen LogP contribution < -0.4 is 11.2 Å². The molecule has 130 valence electrons. The zero-order valence-corrected chi connectivity index (χ0v) is 14.6. The number of nitrogens with zero attached hydrogens (tertiary/aromatic N) is 4. The van der Waals surface area contributed by atoms with Crippen LogP contribution in [0.25, 0.3) is 11.4 Å². The third-order valence-electron chi connectivity index (χ3n) is 4.21. The van der Waals surface area contributed by atoms with E-state index < -0.39 is 5.69 Å². The SMILES string of the molecule is O=c1nc2n(Cc3ccc(Cl)nc3)cccc-2c(=O)n1CC#CC1CC1. The number of hydrogen-bond donors (Lipinski definition) is 0. The van der Waals surface area contributed by atoms with Crippen molar-refractivity contribution in [3.63, 3.8) is 0 Å². The van der Waals surface area contributed by atoms with Gasteiger partial charge in [-0.15, -0.1) is 0 Å². The second kappa shape index (κ2) is 6.77. The van der Waals surface area contributed by atoms with Crippen molar-refractivity contribution in [1.29, 1.82) is 0 Å². The highest BCUT2D eigenvalue weighted by Crippen LogP contribution is 2.27. The Bertz CT molecular complexity index is 1100. The number of aromatic nitrogens is 4. The van der Waals surface area contributed by atoms with Gasteiger partial charge in [0.25, 0.3) is 5.56 Å². The summed E-state index contributed by atoms with van der Waals surface area (Å²) in [6.07, 6.45) is 5.63. The molecule has 1 aromatic heterocycles. The molecule has 1 aliphatic carbocycles. The van der Waals surface area contributed by atoms with Gasteiger partial charge in [0.05, 0.1) is 18.7 Å². The quantitative estimate of drug-likeness (QED) is 0.525. The van der Waals surface area contributed by atoms with Crippen LogP contribution in [0.3, 0.4) is 0 Å². The molecule has 0 aromatic carbocycles. The summed E-state index contributed by atoms with van der Waals surface area (Å²) in [5.74, 6) is 6.74. The summed E-state index contributed by atoms with van der Waals surface area (Å²) in [4.78, 5) is 33.2. The lowest BCUT2D eigenvalue weighted by atomic mass is 10.2. The minimum Gasteiger partial charge on any atom is -0.328 e. The predicted molar refractivity (Wildman–Crippen MR) is 98.2 cm³/mol. The second-order valence-electron chi connectivity index (χ2n) is 6.24. The fourth-order valence-electron chi connectivity index (χ4n) is 2.68. The standard InChI is InChI=1S/C19H15ClN4O2/c20-16-8-7-14(11-21-16)12-23-9-2-4-15-17(23)22-19(26)24(18(15)25)10-1-3-13-5-6-13/h2,4,7-9,11,13H,5-6,10,12H2. The van der Waals surface area contributed by atoms with Gasteiger partial charge < -0.3 is 4.57 Å². The third-order valence-corrected chi connectivity index (χ3v) is 4.44. The maximum atomic E-state index is 12.7. The first kappa shape index (κ1) is 16.6. The van der Waals surface area contributed by atoms with Crippen LogP contribution in [0.2, 0.25) is 5.15 Å². The number of fused-ring (bicyclic) bond motifs is 1. The van der Waals surface area contributed by atoms with Gasteiger partial charge in [0.1, 0.15) is 5.15 Å². The molecule has 0 atom stereocenters. The van der Waals surface area contributed by atoms with Crippen molar-refractivity contribution in [3.8, 4) is 23.2 Å². The van der Waals surface area contributed by atoms with E-state index in [4.69, 9.17) is 11.6 Å². The Balaban J connectivity index is 1.72. The molecule has 0 N–H and O–H groups in total. The van der Waals surface area contributed by atoms with Crippen LogP contribution in [0.1, 0.15) is 18.4 Å². The minimum absolute atomic E-state index is 0.0765. The third kappa shape index (κ3) is 3.39. The second-order valence-corrected chi connectivity index (χ2v) is 6.63. The van der Waals surface area contributed by atoms with E-state index in [1.54, 1.807) is 35.2 Å². The van der Waals surface area contributed by atoms with Crippen molar-refractivity contribution in [2.75, 3.05) is 0 Å². The van der Waals surface area contributed by atoms with Gasteiger partial charge in [-0.2, -0.15) is 4.98 Å². The molecule has 0 bridgehead atoms. The molecule has 1 saturated carbocycles. The fraction of sp³-hybridized carbons (Fsp3) is 0.263. The normalized spacial score (nSPS) is 13.4. The Kier molecular flexibility index (Phi) is 4.31. The van der Waals surface area contributed by atoms with Crippen molar-refractivity contribution in [2.24, 2.45) is 5.92 Å². The van der Waals surface area contributed by atoms with E-state index in [1.807, 2.05) is 6.07 Å². The lowest BCUT2D eigenvalue weighted by Crippen LogP contribution is -2.37. The number of halogens is 1. The molecule has 26 heavy (non-hydrogen) atoms. The van der Waals surface area contributed by atoms with Crippen LogP contribution in [0, 0.1) is 17.8 Å². The topological polar surface area (TPSA) is 69.8 Å². The maximum Gasteiger partial charge on any atom is 0.353 e. The van der Waals surface area contributed by atoms with Crippen molar-refractivity contribution >= 4 is 11.6 Å². The molecule has 0 amide bonds. The van der Waals surface area contributed by atoms with Crippen LogP contribution in [0.15, 0.2) is 46.2 Å². The van der Waals surface area contributed by atoms with E-state index in [-0.39, 0.29) is 12.1 Å². The van der Waals surface area contributed by atoms with Gasteiger partial charge in [0, 0.05) is 18.3 Å².